The zero-order valence-corrected chi connectivity index (χ0v) is 10.3. The molecule has 4 nitrogen and oxygen atoms in total. The fraction of sp³-hybridized carbons (Fsp3) is 0.273. The molecule has 0 radical (unpaired) electrons. The maximum Gasteiger partial charge on any atom is 0.240 e. The molecule has 0 spiro atoms. The average Bonchev–Trinajstić information content (AvgIpc) is 2.78. The van der Waals surface area contributed by atoms with Crippen LogP contribution >= 0.6 is 11.8 Å². The first-order valence-electron chi connectivity index (χ1n) is 5.03. The molecule has 2 aromatic rings. The van der Waals surface area contributed by atoms with Gasteiger partial charge < -0.3 is 10.3 Å². The van der Waals surface area contributed by atoms with Gasteiger partial charge in [-0.15, -0.1) is 11.8 Å². The molecule has 1 aromatic carbocycles. The van der Waals surface area contributed by atoms with E-state index in [2.05, 4.69) is 10.1 Å². The number of aromatic nitrogens is 2. The predicted molar refractivity (Wildman–Crippen MR) is 64.1 cm³/mol. The van der Waals surface area contributed by atoms with Gasteiger partial charge in [-0.3, -0.25) is 0 Å². The van der Waals surface area contributed by atoms with Crippen LogP contribution < -0.4 is 5.73 Å². The van der Waals surface area contributed by atoms with Gasteiger partial charge in [0, 0.05) is 4.90 Å². The van der Waals surface area contributed by atoms with Crippen LogP contribution in [0.3, 0.4) is 0 Å². The van der Waals surface area contributed by atoms with Gasteiger partial charge in [0.1, 0.15) is 5.82 Å². The van der Waals surface area contributed by atoms with Crippen LogP contribution in [0.1, 0.15) is 11.5 Å². The van der Waals surface area contributed by atoms with Gasteiger partial charge in [0.25, 0.3) is 0 Å². The molecule has 0 saturated carbocycles. The predicted octanol–water partition coefficient (Wildman–Crippen LogP) is 2.36. The van der Waals surface area contributed by atoms with Crippen LogP contribution in [0.25, 0.3) is 11.4 Å². The first-order chi connectivity index (χ1) is 8.15. The third-order valence-electron chi connectivity index (χ3n) is 2.37. The smallest absolute Gasteiger partial charge is 0.240 e. The van der Waals surface area contributed by atoms with Crippen molar-refractivity contribution in [1.29, 1.82) is 0 Å². The maximum atomic E-state index is 13.8. The van der Waals surface area contributed by atoms with E-state index in [1.807, 2.05) is 13.2 Å². The summed E-state index contributed by atoms with van der Waals surface area (Å²) in [4.78, 5) is 5.00. The van der Waals surface area contributed by atoms with E-state index in [0.29, 0.717) is 11.5 Å². The zero-order chi connectivity index (χ0) is 12.4. The summed E-state index contributed by atoms with van der Waals surface area (Å²) in [6.45, 7) is 2.01. The van der Waals surface area contributed by atoms with Crippen molar-refractivity contribution in [3.05, 3.63) is 29.4 Å². The molecule has 6 heteroatoms. The Morgan fingerprint density at radius 1 is 1.47 bits per heavy atom. The summed E-state index contributed by atoms with van der Waals surface area (Å²) >= 11 is 1.55. The van der Waals surface area contributed by atoms with Crippen LogP contribution in [0.15, 0.2) is 21.6 Å². The van der Waals surface area contributed by atoms with Gasteiger partial charge in [-0.25, -0.2) is 4.39 Å². The van der Waals surface area contributed by atoms with Crippen molar-refractivity contribution < 1.29 is 8.91 Å². The van der Waals surface area contributed by atoms with Crippen molar-refractivity contribution in [3.63, 3.8) is 0 Å². The Labute approximate surface area is 102 Å². The van der Waals surface area contributed by atoms with Gasteiger partial charge in [-0.05, 0) is 30.9 Å². The number of halogens is 1. The van der Waals surface area contributed by atoms with Crippen molar-refractivity contribution in [2.75, 3.05) is 6.26 Å². The van der Waals surface area contributed by atoms with Crippen molar-refractivity contribution in [3.8, 4) is 11.4 Å². The molecule has 2 N–H and O–H groups in total. The first-order valence-corrected chi connectivity index (χ1v) is 6.25. The maximum absolute atomic E-state index is 13.8. The van der Waals surface area contributed by atoms with Crippen LogP contribution in [-0.4, -0.2) is 16.4 Å². The molecule has 17 heavy (non-hydrogen) atoms. The largest absolute Gasteiger partial charge is 0.338 e. The SMILES string of the molecule is CSc1cc(-c2noc(CN)n2)c(F)cc1C. The van der Waals surface area contributed by atoms with Gasteiger partial charge in [0.15, 0.2) is 0 Å². The molecule has 1 heterocycles. The Balaban J connectivity index is 2.50. The molecule has 0 aliphatic rings. The highest BCUT2D eigenvalue weighted by atomic mass is 32.2. The number of rotatable bonds is 3. The third-order valence-corrected chi connectivity index (χ3v) is 3.25. The fourth-order valence-corrected chi connectivity index (χ4v) is 2.11. The van der Waals surface area contributed by atoms with E-state index in [-0.39, 0.29) is 18.2 Å². The van der Waals surface area contributed by atoms with Gasteiger partial charge >= 0.3 is 0 Å². The molecular weight excluding hydrogens is 241 g/mol. The van der Waals surface area contributed by atoms with Gasteiger partial charge in [0.2, 0.25) is 11.7 Å². The first kappa shape index (κ1) is 12.1. The Morgan fingerprint density at radius 3 is 2.82 bits per heavy atom. The van der Waals surface area contributed by atoms with Crippen molar-refractivity contribution in [2.24, 2.45) is 5.73 Å². The Hall–Kier alpha value is -1.40. The number of nitrogens with two attached hydrogens (primary N) is 1. The minimum absolute atomic E-state index is 0.149. The highest BCUT2D eigenvalue weighted by molar-refractivity contribution is 7.98. The minimum Gasteiger partial charge on any atom is -0.338 e. The van der Waals surface area contributed by atoms with Crippen LogP contribution in [0.2, 0.25) is 0 Å². The summed E-state index contributed by atoms with van der Waals surface area (Å²) in [6, 6.07) is 3.19. The monoisotopic (exact) mass is 253 g/mol. The normalized spacial score (nSPS) is 10.8. The second kappa shape index (κ2) is 4.85. The van der Waals surface area contributed by atoms with Crippen LogP contribution in [0.5, 0.6) is 0 Å². The molecule has 90 valence electrons. The fourth-order valence-electron chi connectivity index (χ4n) is 1.49. The molecule has 0 fully saturated rings. The number of hydrogen-bond acceptors (Lipinski definition) is 5. The quantitative estimate of drug-likeness (QED) is 0.851. The van der Waals surface area contributed by atoms with E-state index in [1.165, 1.54) is 6.07 Å². The minimum atomic E-state index is -0.357. The van der Waals surface area contributed by atoms with E-state index in [9.17, 15) is 4.39 Å². The lowest BCUT2D eigenvalue weighted by Gasteiger charge is -2.05. The van der Waals surface area contributed by atoms with Crippen LogP contribution in [0.4, 0.5) is 4.39 Å². The summed E-state index contributed by atoms with van der Waals surface area (Å²) in [5.74, 6) is 0.175. The summed E-state index contributed by atoms with van der Waals surface area (Å²) in [5, 5.41) is 3.71. The van der Waals surface area contributed by atoms with Crippen molar-refractivity contribution >= 4 is 11.8 Å². The number of nitrogens with zero attached hydrogens (tertiary/aromatic N) is 2. The Bertz CT molecular complexity index is 542. The van der Waals surface area contributed by atoms with E-state index in [0.717, 1.165) is 10.5 Å². The Kier molecular flexibility index (Phi) is 3.44. The number of aryl methyl sites for hydroxylation is 1. The second-order valence-corrected chi connectivity index (χ2v) is 4.37. The van der Waals surface area contributed by atoms with Crippen molar-refractivity contribution in [2.45, 2.75) is 18.4 Å². The molecule has 1 aromatic heterocycles. The lowest BCUT2D eigenvalue weighted by Crippen LogP contribution is -1.96. The van der Waals surface area contributed by atoms with Crippen molar-refractivity contribution in [1.82, 2.24) is 10.1 Å². The standard InChI is InChI=1S/C11H12FN3OS/c1-6-3-8(12)7(4-9(6)17-2)11-14-10(5-13)16-15-11/h3-4H,5,13H2,1-2H3. The van der Waals surface area contributed by atoms with E-state index < -0.39 is 0 Å². The number of hydrogen-bond donors (Lipinski definition) is 1. The highest BCUT2D eigenvalue weighted by Gasteiger charge is 2.14. The van der Waals surface area contributed by atoms with Crippen LogP contribution in [-0.2, 0) is 6.54 Å². The third kappa shape index (κ3) is 2.32. The van der Waals surface area contributed by atoms with Gasteiger partial charge in [-0.2, -0.15) is 4.98 Å². The molecule has 2 rings (SSSR count). The molecule has 0 saturated heterocycles. The number of thioether (sulfide) groups is 1. The zero-order valence-electron chi connectivity index (χ0n) is 9.53. The van der Waals surface area contributed by atoms with E-state index in [1.54, 1.807) is 17.8 Å². The average molecular weight is 253 g/mol. The molecule has 0 amide bonds. The summed E-state index contributed by atoms with van der Waals surface area (Å²) in [5.41, 5.74) is 6.59. The lowest BCUT2D eigenvalue weighted by molar-refractivity contribution is 0.380. The lowest BCUT2D eigenvalue weighted by atomic mass is 10.1. The molecule has 0 aliphatic heterocycles. The summed E-state index contributed by atoms with van der Waals surface area (Å²) in [6.07, 6.45) is 1.94. The molecule has 0 bridgehead atoms. The Morgan fingerprint density at radius 2 is 2.24 bits per heavy atom. The topological polar surface area (TPSA) is 64.9 Å². The van der Waals surface area contributed by atoms with Gasteiger partial charge in [0.05, 0.1) is 12.1 Å². The summed E-state index contributed by atoms with van der Waals surface area (Å²) in [7, 11) is 0. The summed E-state index contributed by atoms with van der Waals surface area (Å²) < 4.78 is 18.7. The van der Waals surface area contributed by atoms with E-state index >= 15 is 0 Å². The molecular formula is C11H12FN3OS. The van der Waals surface area contributed by atoms with Gasteiger partial charge in [-0.1, -0.05) is 5.16 Å². The number of benzene rings is 1. The molecule has 0 aliphatic carbocycles. The highest BCUT2D eigenvalue weighted by Crippen LogP contribution is 2.28. The van der Waals surface area contributed by atoms with E-state index in [4.69, 9.17) is 10.3 Å². The molecule has 0 unspecified atom stereocenters. The van der Waals surface area contributed by atoms with Crippen LogP contribution in [0, 0.1) is 12.7 Å². The molecule has 0 atom stereocenters. The second-order valence-electron chi connectivity index (χ2n) is 3.52.